The minimum absolute atomic E-state index is 0.508. The van der Waals surface area contributed by atoms with E-state index in [1.165, 1.54) is 6.33 Å². The molecule has 1 aromatic heterocycles. The van der Waals surface area contributed by atoms with Crippen molar-refractivity contribution in [3.8, 4) is 5.88 Å². The fourth-order valence-corrected chi connectivity index (χ4v) is 0.905. The monoisotopic (exact) mass is 197 g/mol. The molecule has 1 heterocycles. The van der Waals surface area contributed by atoms with Crippen LogP contribution in [-0.2, 0) is 4.74 Å². The van der Waals surface area contributed by atoms with E-state index in [1.54, 1.807) is 13.1 Å². The van der Waals surface area contributed by atoms with Crippen LogP contribution in [-0.4, -0.2) is 36.8 Å². The van der Waals surface area contributed by atoms with Crippen LogP contribution in [0.4, 0.5) is 5.82 Å². The molecule has 0 aliphatic heterocycles. The zero-order valence-electron chi connectivity index (χ0n) is 8.49. The largest absolute Gasteiger partial charge is 0.475 e. The maximum Gasteiger partial charge on any atom is 0.218 e. The lowest BCUT2D eigenvalue weighted by atomic mass is 10.5. The Kier molecular flexibility index (Phi) is 4.71. The van der Waals surface area contributed by atoms with Gasteiger partial charge >= 0.3 is 0 Å². The molecule has 5 heteroatoms. The van der Waals surface area contributed by atoms with Gasteiger partial charge in [-0.25, -0.2) is 9.97 Å². The molecule has 5 nitrogen and oxygen atoms in total. The van der Waals surface area contributed by atoms with E-state index in [2.05, 4.69) is 15.3 Å². The molecular weight excluding hydrogens is 182 g/mol. The van der Waals surface area contributed by atoms with E-state index >= 15 is 0 Å². The number of nitrogens with zero attached hydrogens (tertiary/aromatic N) is 2. The number of hydrogen-bond acceptors (Lipinski definition) is 5. The SMILES string of the molecule is CCOCCOc1cc(NC)ncn1. The van der Waals surface area contributed by atoms with Crippen molar-refractivity contribution in [1.82, 2.24) is 9.97 Å². The third-order valence-electron chi connectivity index (χ3n) is 1.58. The maximum atomic E-state index is 5.33. The third kappa shape index (κ3) is 3.57. The summed E-state index contributed by atoms with van der Waals surface area (Å²) in [5.74, 6) is 1.30. The van der Waals surface area contributed by atoms with Crippen LogP contribution in [0.1, 0.15) is 6.92 Å². The molecule has 0 spiro atoms. The van der Waals surface area contributed by atoms with Gasteiger partial charge in [-0.15, -0.1) is 0 Å². The highest BCUT2D eigenvalue weighted by Gasteiger charge is 1.97. The van der Waals surface area contributed by atoms with Gasteiger partial charge in [0.05, 0.1) is 6.61 Å². The molecule has 0 fully saturated rings. The first-order valence-electron chi connectivity index (χ1n) is 4.57. The summed E-state index contributed by atoms with van der Waals surface area (Å²) in [5.41, 5.74) is 0. The van der Waals surface area contributed by atoms with Crippen LogP contribution in [0.15, 0.2) is 12.4 Å². The van der Waals surface area contributed by atoms with Crippen LogP contribution in [0.2, 0.25) is 0 Å². The van der Waals surface area contributed by atoms with E-state index in [4.69, 9.17) is 9.47 Å². The fourth-order valence-electron chi connectivity index (χ4n) is 0.905. The van der Waals surface area contributed by atoms with E-state index in [0.29, 0.717) is 25.7 Å². The molecule has 0 amide bonds. The summed E-state index contributed by atoms with van der Waals surface area (Å²) in [5, 5.41) is 2.91. The molecule has 0 bridgehead atoms. The van der Waals surface area contributed by atoms with Crippen molar-refractivity contribution in [3.05, 3.63) is 12.4 Å². The molecule has 0 saturated heterocycles. The molecule has 1 N–H and O–H groups in total. The Bertz CT molecular complexity index is 268. The Morgan fingerprint density at radius 2 is 2.21 bits per heavy atom. The number of rotatable bonds is 6. The summed E-state index contributed by atoms with van der Waals surface area (Å²) >= 11 is 0. The maximum absolute atomic E-state index is 5.33. The Morgan fingerprint density at radius 1 is 1.36 bits per heavy atom. The van der Waals surface area contributed by atoms with Crippen LogP contribution in [0.5, 0.6) is 5.88 Å². The highest BCUT2D eigenvalue weighted by atomic mass is 16.5. The Morgan fingerprint density at radius 3 is 2.93 bits per heavy atom. The predicted octanol–water partition coefficient (Wildman–Crippen LogP) is 0.934. The van der Waals surface area contributed by atoms with Crippen molar-refractivity contribution < 1.29 is 9.47 Å². The van der Waals surface area contributed by atoms with Crippen molar-refractivity contribution in [2.75, 3.05) is 32.2 Å². The summed E-state index contributed by atoms with van der Waals surface area (Å²) in [4.78, 5) is 7.92. The van der Waals surface area contributed by atoms with Crippen LogP contribution in [0.25, 0.3) is 0 Å². The van der Waals surface area contributed by atoms with Gasteiger partial charge in [-0.3, -0.25) is 0 Å². The zero-order valence-corrected chi connectivity index (χ0v) is 8.49. The molecule has 14 heavy (non-hydrogen) atoms. The van der Waals surface area contributed by atoms with Gasteiger partial charge < -0.3 is 14.8 Å². The lowest BCUT2D eigenvalue weighted by molar-refractivity contribution is 0.108. The molecule has 0 aromatic carbocycles. The van der Waals surface area contributed by atoms with Gasteiger partial charge in [0.15, 0.2) is 0 Å². The molecule has 0 aliphatic rings. The van der Waals surface area contributed by atoms with E-state index in [9.17, 15) is 0 Å². The van der Waals surface area contributed by atoms with E-state index < -0.39 is 0 Å². The van der Waals surface area contributed by atoms with E-state index in [1.807, 2.05) is 6.92 Å². The molecule has 1 rings (SSSR count). The summed E-state index contributed by atoms with van der Waals surface area (Å²) < 4.78 is 10.5. The van der Waals surface area contributed by atoms with Crippen LogP contribution >= 0.6 is 0 Å². The molecule has 0 saturated carbocycles. The number of nitrogens with one attached hydrogen (secondary N) is 1. The number of aromatic nitrogens is 2. The smallest absolute Gasteiger partial charge is 0.218 e. The van der Waals surface area contributed by atoms with E-state index in [-0.39, 0.29) is 0 Å². The zero-order chi connectivity index (χ0) is 10.2. The lowest BCUT2D eigenvalue weighted by Gasteiger charge is -2.05. The fraction of sp³-hybridized carbons (Fsp3) is 0.556. The lowest BCUT2D eigenvalue weighted by Crippen LogP contribution is -2.07. The Hall–Kier alpha value is -1.36. The first kappa shape index (κ1) is 10.7. The molecular formula is C9H15N3O2. The van der Waals surface area contributed by atoms with Crippen LogP contribution < -0.4 is 10.1 Å². The summed E-state index contributed by atoms with van der Waals surface area (Å²) in [6, 6.07) is 1.74. The minimum atomic E-state index is 0.508. The van der Waals surface area contributed by atoms with Gasteiger partial charge in [0.25, 0.3) is 0 Å². The van der Waals surface area contributed by atoms with Gasteiger partial charge in [-0.2, -0.15) is 0 Å². The molecule has 0 atom stereocenters. The van der Waals surface area contributed by atoms with Crippen molar-refractivity contribution in [2.45, 2.75) is 6.92 Å². The highest BCUT2D eigenvalue weighted by Crippen LogP contribution is 2.09. The average molecular weight is 197 g/mol. The predicted molar refractivity (Wildman–Crippen MR) is 53.6 cm³/mol. The summed E-state index contributed by atoms with van der Waals surface area (Å²) in [6.45, 7) is 3.74. The minimum Gasteiger partial charge on any atom is -0.475 e. The van der Waals surface area contributed by atoms with Gasteiger partial charge in [-0.1, -0.05) is 0 Å². The third-order valence-corrected chi connectivity index (χ3v) is 1.58. The second-order valence-electron chi connectivity index (χ2n) is 2.54. The molecule has 78 valence electrons. The molecule has 0 aliphatic carbocycles. The van der Waals surface area contributed by atoms with Gasteiger partial charge in [0, 0.05) is 19.7 Å². The first-order chi connectivity index (χ1) is 6.86. The Labute approximate surface area is 83.5 Å². The summed E-state index contributed by atoms with van der Waals surface area (Å²) in [7, 11) is 1.80. The summed E-state index contributed by atoms with van der Waals surface area (Å²) in [6.07, 6.45) is 1.46. The van der Waals surface area contributed by atoms with Crippen LogP contribution in [0.3, 0.4) is 0 Å². The second-order valence-corrected chi connectivity index (χ2v) is 2.54. The highest BCUT2D eigenvalue weighted by molar-refractivity contribution is 5.35. The molecule has 0 unspecified atom stereocenters. The molecule has 0 radical (unpaired) electrons. The van der Waals surface area contributed by atoms with Gasteiger partial charge in [0.1, 0.15) is 18.8 Å². The van der Waals surface area contributed by atoms with Crippen molar-refractivity contribution >= 4 is 5.82 Å². The van der Waals surface area contributed by atoms with Gasteiger partial charge in [0.2, 0.25) is 5.88 Å². The number of anilines is 1. The van der Waals surface area contributed by atoms with Crippen molar-refractivity contribution in [1.29, 1.82) is 0 Å². The topological polar surface area (TPSA) is 56.3 Å². The standard InChI is InChI=1S/C9H15N3O2/c1-3-13-4-5-14-9-6-8(10-2)11-7-12-9/h6-7H,3-5H2,1-2H3,(H,10,11,12). The first-order valence-corrected chi connectivity index (χ1v) is 4.57. The van der Waals surface area contributed by atoms with Crippen molar-refractivity contribution in [2.24, 2.45) is 0 Å². The van der Waals surface area contributed by atoms with Crippen LogP contribution in [0, 0.1) is 0 Å². The number of ether oxygens (including phenoxy) is 2. The normalized spacial score (nSPS) is 9.86. The molecule has 1 aromatic rings. The van der Waals surface area contributed by atoms with Crippen molar-refractivity contribution in [3.63, 3.8) is 0 Å². The second kappa shape index (κ2) is 6.15. The quantitative estimate of drug-likeness (QED) is 0.688. The number of hydrogen-bond donors (Lipinski definition) is 1. The Balaban J connectivity index is 2.34. The van der Waals surface area contributed by atoms with E-state index in [0.717, 1.165) is 5.82 Å². The van der Waals surface area contributed by atoms with Gasteiger partial charge in [-0.05, 0) is 6.92 Å². The average Bonchev–Trinajstić information content (AvgIpc) is 2.25.